The van der Waals surface area contributed by atoms with Crippen LogP contribution in [0.25, 0.3) is 0 Å². The summed E-state index contributed by atoms with van der Waals surface area (Å²) in [6.45, 7) is 21.7. The summed E-state index contributed by atoms with van der Waals surface area (Å²) in [6.07, 6.45) is 5.14. The van der Waals surface area contributed by atoms with E-state index in [4.69, 9.17) is 0 Å². The molecule has 174 valence electrons. The molecule has 5 heteroatoms. The number of nitrogens with one attached hydrogen (secondary N) is 2. The van der Waals surface area contributed by atoms with E-state index in [1.807, 2.05) is 0 Å². The predicted octanol–water partition coefficient (Wildman–Crippen LogP) is 6.68. The normalized spacial score (nSPS) is 13.7. The van der Waals surface area contributed by atoms with Crippen molar-refractivity contribution in [2.75, 3.05) is 0 Å². The van der Waals surface area contributed by atoms with E-state index in [1.54, 1.807) is 5.19 Å². The zero-order valence-corrected chi connectivity index (χ0v) is 24.5. The Labute approximate surface area is 200 Å². The Balaban J connectivity index is 2.25. The third-order valence-corrected chi connectivity index (χ3v) is 13.3. The number of H-pyrrole nitrogens is 2. The molecule has 0 fully saturated rings. The van der Waals surface area contributed by atoms with Gasteiger partial charge in [0.2, 0.25) is 0 Å². The molecule has 1 unspecified atom stereocenters. The number of hydrogen-bond donors (Lipinski definition) is 2. The first-order chi connectivity index (χ1) is 14.7. The Morgan fingerprint density at radius 1 is 0.812 bits per heavy atom. The summed E-state index contributed by atoms with van der Waals surface area (Å²) in [4.78, 5) is 7.04. The Kier molecular flexibility index (Phi) is 7.09. The van der Waals surface area contributed by atoms with Gasteiger partial charge in [0.05, 0.1) is 8.07 Å². The van der Waals surface area contributed by atoms with E-state index < -0.39 is 16.0 Å². The molecule has 1 aromatic carbocycles. The topological polar surface area (TPSA) is 31.6 Å². The van der Waals surface area contributed by atoms with Crippen LogP contribution in [0.4, 0.5) is 0 Å². The molecule has 2 N–H and O–H groups in total. The molecular weight excluding hydrogens is 442 g/mol. The van der Waals surface area contributed by atoms with Gasteiger partial charge in [-0.05, 0) is 54.1 Å². The van der Waals surface area contributed by atoms with Gasteiger partial charge >= 0.3 is 0 Å². The zero-order chi connectivity index (χ0) is 23.9. The standard InChI is InChI=1S/C27H42N2P2Si/c1-25(2,3)27(30,26(4,5)6)22-15-14-21(32(7,8)9)18-20(22)19-31(23-12-10-16-28-23)24-13-11-17-29-24/h10-18,28-29H,19,30H2,1-9H3. The van der Waals surface area contributed by atoms with Gasteiger partial charge in [-0.2, -0.15) is 0 Å². The highest BCUT2D eigenvalue weighted by molar-refractivity contribution is 7.71. The molecule has 0 aliphatic carbocycles. The zero-order valence-electron chi connectivity index (χ0n) is 21.4. The fourth-order valence-electron chi connectivity index (χ4n) is 4.96. The minimum Gasteiger partial charge on any atom is -0.361 e. The lowest BCUT2D eigenvalue weighted by atomic mass is 9.62. The first-order valence-corrected chi connectivity index (χ1v) is 17.2. The van der Waals surface area contributed by atoms with Crippen molar-refractivity contribution in [1.29, 1.82) is 0 Å². The molecule has 0 aliphatic rings. The minimum atomic E-state index is -1.44. The van der Waals surface area contributed by atoms with Crippen LogP contribution in [-0.2, 0) is 11.3 Å². The quantitative estimate of drug-likeness (QED) is 0.289. The van der Waals surface area contributed by atoms with E-state index in [-0.39, 0.29) is 16.0 Å². The van der Waals surface area contributed by atoms with E-state index >= 15 is 0 Å². The molecule has 0 saturated heterocycles. The Morgan fingerprint density at radius 3 is 1.69 bits per heavy atom. The summed E-state index contributed by atoms with van der Waals surface area (Å²) in [5.74, 6) is 0. The maximum Gasteiger partial charge on any atom is 0.0776 e. The predicted molar refractivity (Wildman–Crippen MR) is 151 cm³/mol. The van der Waals surface area contributed by atoms with Crippen molar-refractivity contribution in [2.24, 2.45) is 10.8 Å². The molecule has 0 saturated carbocycles. The van der Waals surface area contributed by atoms with E-state index in [1.165, 1.54) is 22.0 Å². The molecule has 0 radical (unpaired) electrons. The molecule has 0 amide bonds. The van der Waals surface area contributed by atoms with Crippen molar-refractivity contribution in [2.45, 2.75) is 72.5 Å². The average Bonchev–Trinajstić information content (AvgIpc) is 3.36. The second-order valence-electron chi connectivity index (χ2n) is 12.1. The monoisotopic (exact) mass is 484 g/mol. The second kappa shape index (κ2) is 8.90. The number of benzene rings is 1. The SMILES string of the molecule is CC(C)(C)C(P)(c1ccc([Si](C)(C)C)cc1CP(c1ccc[nH]1)c1ccc[nH]1)C(C)(C)C. The molecule has 1 atom stereocenters. The number of hydrogen-bond acceptors (Lipinski definition) is 0. The van der Waals surface area contributed by atoms with Crippen molar-refractivity contribution in [3.05, 3.63) is 66.0 Å². The summed E-state index contributed by atoms with van der Waals surface area (Å²) in [5.41, 5.74) is 5.82. The summed E-state index contributed by atoms with van der Waals surface area (Å²) < 4.78 is 0. The van der Waals surface area contributed by atoms with Crippen LogP contribution in [0.2, 0.25) is 19.6 Å². The third kappa shape index (κ3) is 4.86. The maximum atomic E-state index is 3.52. The number of rotatable bonds is 6. The van der Waals surface area contributed by atoms with Crippen LogP contribution in [0.5, 0.6) is 0 Å². The Morgan fingerprint density at radius 2 is 1.31 bits per heavy atom. The highest BCUT2D eigenvalue weighted by Crippen LogP contribution is 2.59. The molecular formula is C27H42N2P2Si. The van der Waals surface area contributed by atoms with Crippen molar-refractivity contribution in [1.82, 2.24) is 9.97 Å². The molecule has 0 bridgehead atoms. The second-order valence-corrected chi connectivity index (χ2v) is 20.2. The summed E-state index contributed by atoms with van der Waals surface area (Å²) in [5, 5.41) is 1.49. The smallest absolute Gasteiger partial charge is 0.0776 e. The van der Waals surface area contributed by atoms with Crippen molar-refractivity contribution >= 4 is 41.3 Å². The van der Waals surface area contributed by atoms with Gasteiger partial charge in [-0.3, -0.25) is 0 Å². The molecule has 0 spiro atoms. The maximum absolute atomic E-state index is 3.52. The molecule has 3 rings (SSSR count). The average molecular weight is 485 g/mol. The summed E-state index contributed by atoms with van der Waals surface area (Å²) in [6, 6.07) is 16.2. The van der Waals surface area contributed by atoms with Gasteiger partial charge in [-0.1, -0.05) is 84.6 Å². The van der Waals surface area contributed by atoms with Crippen molar-refractivity contribution in [3.63, 3.8) is 0 Å². The van der Waals surface area contributed by atoms with E-state index in [0.717, 1.165) is 6.16 Å². The van der Waals surface area contributed by atoms with E-state index in [9.17, 15) is 0 Å². The van der Waals surface area contributed by atoms with Gasteiger partial charge in [0, 0.05) is 34.6 Å². The summed E-state index contributed by atoms with van der Waals surface area (Å²) >= 11 is 0. The fraction of sp³-hybridized carbons (Fsp3) is 0.481. The van der Waals surface area contributed by atoms with Crippen LogP contribution in [0.3, 0.4) is 0 Å². The lowest BCUT2D eigenvalue weighted by Gasteiger charge is -2.52. The van der Waals surface area contributed by atoms with Crippen LogP contribution in [0.1, 0.15) is 52.7 Å². The van der Waals surface area contributed by atoms with Gasteiger partial charge in [0.25, 0.3) is 0 Å². The summed E-state index contributed by atoms with van der Waals surface area (Å²) in [7, 11) is 1.34. The first-order valence-electron chi connectivity index (χ1n) is 11.6. The number of aromatic amines is 2. The lowest BCUT2D eigenvalue weighted by molar-refractivity contribution is 0.139. The largest absolute Gasteiger partial charge is 0.361 e. The molecule has 2 aromatic heterocycles. The Bertz CT molecular complexity index is 969. The molecule has 32 heavy (non-hydrogen) atoms. The first kappa shape index (κ1) is 25.5. The van der Waals surface area contributed by atoms with E-state index in [2.05, 4.69) is 135 Å². The minimum absolute atomic E-state index is 0.0558. The van der Waals surface area contributed by atoms with Crippen LogP contribution in [0.15, 0.2) is 54.9 Å². The van der Waals surface area contributed by atoms with Gasteiger partial charge in [-0.15, -0.1) is 9.24 Å². The van der Waals surface area contributed by atoms with Crippen LogP contribution in [-0.4, -0.2) is 18.0 Å². The molecule has 2 nitrogen and oxygen atoms in total. The molecule has 2 heterocycles. The fourth-order valence-corrected chi connectivity index (χ4v) is 8.62. The van der Waals surface area contributed by atoms with Crippen molar-refractivity contribution < 1.29 is 0 Å². The lowest BCUT2D eigenvalue weighted by Crippen LogP contribution is -2.46. The number of aromatic nitrogens is 2. The van der Waals surface area contributed by atoms with Gasteiger partial charge in [0.15, 0.2) is 0 Å². The van der Waals surface area contributed by atoms with Gasteiger partial charge in [0.1, 0.15) is 0 Å². The molecule has 0 aliphatic heterocycles. The highest BCUT2D eigenvalue weighted by Gasteiger charge is 2.49. The van der Waals surface area contributed by atoms with E-state index in [0.29, 0.717) is 0 Å². The molecule has 3 aromatic rings. The highest BCUT2D eigenvalue weighted by atomic mass is 31.1. The van der Waals surface area contributed by atoms with Gasteiger partial charge in [-0.25, -0.2) is 0 Å². The van der Waals surface area contributed by atoms with Crippen LogP contribution < -0.4 is 16.1 Å². The van der Waals surface area contributed by atoms with Crippen LogP contribution in [0, 0.1) is 10.8 Å². The van der Waals surface area contributed by atoms with Crippen LogP contribution >= 0.6 is 17.2 Å². The van der Waals surface area contributed by atoms with Crippen molar-refractivity contribution in [3.8, 4) is 0 Å². The third-order valence-electron chi connectivity index (χ3n) is 6.84. The van der Waals surface area contributed by atoms with Gasteiger partial charge < -0.3 is 9.97 Å². The Hall–Kier alpha value is -1.14.